The summed E-state index contributed by atoms with van der Waals surface area (Å²) in [6, 6.07) is 17.0. The van der Waals surface area contributed by atoms with E-state index in [1.807, 2.05) is 59.5 Å². The van der Waals surface area contributed by atoms with Gasteiger partial charge < -0.3 is 19.3 Å². The first kappa shape index (κ1) is 19.5. The van der Waals surface area contributed by atoms with Gasteiger partial charge in [0.1, 0.15) is 5.75 Å². The number of hydrogen-bond acceptors (Lipinski definition) is 4. The van der Waals surface area contributed by atoms with Crippen molar-refractivity contribution in [3.05, 3.63) is 65.7 Å². The van der Waals surface area contributed by atoms with Crippen LogP contribution in [0.25, 0.3) is 0 Å². The van der Waals surface area contributed by atoms with Crippen molar-refractivity contribution >= 4 is 11.8 Å². The minimum Gasteiger partial charge on any atom is -0.497 e. The predicted octanol–water partition coefficient (Wildman–Crippen LogP) is 2.58. The molecule has 29 heavy (non-hydrogen) atoms. The number of likely N-dealkylation sites (tertiary alicyclic amines) is 1. The van der Waals surface area contributed by atoms with Gasteiger partial charge in [0.05, 0.1) is 25.7 Å². The molecule has 0 aromatic heterocycles. The SMILES string of the molecule is COc1cccc(CN2CCOC3CCN(C(=O)c4ccccc4)CC3C2=O)c1. The molecule has 2 unspecified atom stereocenters. The van der Waals surface area contributed by atoms with Crippen LogP contribution in [-0.2, 0) is 16.1 Å². The summed E-state index contributed by atoms with van der Waals surface area (Å²) in [6.45, 7) is 2.58. The quantitative estimate of drug-likeness (QED) is 0.800. The van der Waals surface area contributed by atoms with Gasteiger partial charge in [0.15, 0.2) is 0 Å². The summed E-state index contributed by atoms with van der Waals surface area (Å²) in [7, 11) is 1.63. The molecule has 2 saturated heterocycles. The predicted molar refractivity (Wildman–Crippen MR) is 109 cm³/mol. The Morgan fingerprint density at radius 2 is 1.97 bits per heavy atom. The molecule has 2 atom stereocenters. The molecule has 0 spiro atoms. The van der Waals surface area contributed by atoms with Gasteiger partial charge in [-0.2, -0.15) is 0 Å². The van der Waals surface area contributed by atoms with Crippen molar-refractivity contribution in [1.29, 1.82) is 0 Å². The van der Waals surface area contributed by atoms with Gasteiger partial charge in [0.25, 0.3) is 5.91 Å². The number of nitrogens with zero attached hydrogens (tertiary/aromatic N) is 2. The molecule has 6 heteroatoms. The van der Waals surface area contributed by atoms with E-state index in [2.05, 4.69) is 0 Å². The van der Waals surface area contributed by atoms with Crippen molar-refractivity contribution < 1.29 is 19.1 Å². The fraction of sp³-hybridized carbons (Fsp3) is 0.391. The van der Waals surface area contributed by atoms with Crippen LogP contribution in [0.2, 0.25) is 0 Å². The van der Waals surface area contributed by atoms with Gasteiger partial charge in [0.2, 0.25) is 5.91 Å². The van der Waals surface area contributed by atoms with E-state index < -0.39 is 0 Å². The van der Waals surface area contributed by atoms with E-state index in [0.29, 0.717) is 44.8 Å². The van der Waals surface area contributed by atoms with Gasteiger partial charge in [-0.05, 0) is 36.2 Å². The Hall–Kier alpha value is -2.86. The Morgan fingerprint density at radius 1 is 1.14 bits per heavy atom. The lowest BCUT2D eigenvalue weighted by atomic mass is 9.92. The molecule has 2 amide bonds. The third-order valence-electron chi connectivity index (χ3n) is 5.69. The van der Waals surface area contributed by atoms with Crippen LogP contribution in [0, 0.1) is 5.92 Å². The third kappa shape index (κ3) is 4.27. The van der Waals surface area contributed by atoms with Gasteiger partial charge in [-0.3, -0.25) is 9.59 Å². The van der Waals surface area contributed by atoms with Crippen LogP contribution in [0.4, 0.5) is 0 Å². The molecule has 2 aliphatic rings. The van der Waals surface area contributed by atoms with Crippen LogP contribution in [0.15, 0.2) is 54.6 Å². The highest BCUT2D eigenvalue weighted by Gasteiger charge is 2.40. The molecule has 6 nitrogen and oxygen atoms in total. The summed E-state index contributed by atoms with van der Waals surface area (Å²) >= 11 is 0. The minimum atomic E-state index is -0.329. The molecule has 0 radical (unpaired) electrons. The zero-order valence-electron chi connectivity index (χ0n) is 16.6. The Morgan fingerprint density at radius 3 is 2.76 bits per heavy atom. The van der Waals surface area contributed by atoms with E-state index in [1.165, 1.54) is 0 Å². The first-order valence-corrected chi connectivity index (χ1v) is 10.0. The fourth-order valence-corrected chi connectivity index (χ4v) is 4.12. The third-order valence-corrected chi connectivity index (χ3v) is 5.69. The zero-order valence-corrected chi connectivity index (χ0v) is 16.6. The van der Waals surface area contributed by atoms with Crippen molar-refractivity contribution in [2.24, 2.45) is 5.92 Å². The number of benzene rings is 2. The second-order valence-electron chi connectivity index (χ2n) is 7.53. The number of rotatable bonds is 4. The van der Waals surface area contributed by atoms with Gasteiger partial charge in [-0.25, -0.2) is 0 Å². The Labute approximate surface area is 171 Å². The molecule has 0 bridgehead atoms. The first-order chi connectivity index (χ1) is 14.2. The van der Waals surface area contributed by atoms with Crippen LogP contribution >= 0.6 is 0 Å². The molecular weight excluding hydrogens is 368 g/mol. The highest BCUT2D eigenvalue weighted by Crippen LogP contribution is 2.27. The second-order valence-corrected chi connectivity index (χ2v) is 7.53. The fourth-order valence-electron chi connectivity index (χ4n) is 4.12. The van der Waals surface area contributed by atoms with E-state index in [0.717, 1.165) is 11.3 Å². The van der Waals surface area contributed by atoms with Crippen LogP contribution in [-0.4, -0.2) is 61.1 Å². The van der Waals surface area contributed by atoms with Crippen molar-refractivity contribution in [2.45, 2.75) is 19.1 Å². The van der Waals surface area contributed by atoms with Crippen LogP contribution in [0.3, 0.4) is 0 Å². The van der Waals surface area contributed by atoms with Gasteiger partial charge in [-0.15, -0.1) is 0 Å². The van der Waals surface area contributed by atoms with Crippen LogP contribution < -0.4 is 4.74 Å². The van der Waals surface area contributed by atoms with Gasteiger partial charge in [0, 0.05) is 31.7 Å². The summed E-state index contributed by atoms with van der Waals surface area (Å²) < 4.78 is 11.3. The van der Waals surface area contributed by atoms with Crippen molar-refractivity contribution in [3.8, 4) is 5.75 Å². The van der Waals surface area contributed by atoms with Crippen molar-refractivity contribution in [2.75, 3.05) is 33.4 Å². The summed E-state index contributed by atoms with van der Waals surface area (Å²) in [5, 5.41) is 0. The monoisotopic (exact) mass is 394 g/mol. The molecule has 0 saturated carbocycles. The Bertz CT molecular complexity index is 870. The van der Waals surface area contributed by atoms with Crippen molar-refractivity contribution in [3.63, 3.8) is 0 Å². The second kappa shape index (κ2) is 8.66. The Kier molecular flexibility index (Phi) is 5.81. The normalized spacial score (nSPS) is 22.0. The number of amides is 2. The molecule has 2 aromatic rings. The highest BCUT2D eigenvalue weighted by atomic mass is 16.5. The van der Waals surface area contributed by atoms with Crippen molar-refractivity contribution in [1.82, 2.24) is 9.80 Å². The van der Waals surface area contributed by atoms with E-state index in [4.69, 9.17) is 9.47 Å². The summed E-state index contributed by atoms with van der Waals surface area (Å²) in [6.07, 6.45) is 0.555. The standard InChI is InChI=1S/C23H26N2O4/c1-28-19-9-5-6-17(14-19)15-25-12-13-29-21-10-11-24(16-20(21)23(25)27)22(26)18-7-3-2-4-8-18/h2-9,14,20-21H,10-13,15-16H2,1H3. The molecule has 4 rings (SSSR count). The average molecular weight is 394 g/mol. The maximum Gasteiger partial charge on any atom is 0.253 e. The topological polar surface area (TPSA) is 59.1 Å². The van der Waals surface area contributed by atoms with E-state index in [1.54, 1.807) is 12.0 Å². The lowest BCUT2D eigenvalue weighted by Crippen LogP contribution is -2.51. The molecule has 152 valence electrons. The first-order valence-electron chi connectivity index (χ1n) is 10.0. The van der Waals surface area contributed by atoms with E-state index in [-0.39, 0.29) is 23.8 Å². The number of piperidine rings is 1. The minimum absolute atomic E-state index is 0.0274. The number of ether oxygens (including phenoxy) is 2. The lowest BCUT2D eigenvalue weighted by molar-refractivity contribution is -0.139. The Balaban J connectivity index is 1.49. The molecule has 2 fully saturated rings. The smallest absolute Gasteiger partial charge is 0.253 e. The summed E-state index contributed by atoms with van der Waals surface area (Å²) in [4.78, 5) is 29.8. The highest BCUT2D eigenvalue weighted by molar-refractivity contribution is 5.94. The van der Waals surface area contributed by atoms with E-state index >= 15 is 0 Å². The molecule has 0 aliphatic carbocycles. The number of fused-ring (bicyclic) bond motifs is 1. The maximum atomic E-state index is 13.3. The molecular formula is C23H26N2O4. The van der Waals surface area contributed by atoms with Crippen LogP contribution in [0.1, 0.15) is 22.3 Å². The molecule has 2 aliphatic heterocycles. The maximum absolute atomic E-state index is 13.3. The summed E-state index contributed by atoms with van der Waals surface area (Å²) in [5.41, 5.74) is 1.67. The van der Waals surface area contributed by atoms with Crippen LogP contribution in [0.5, 0.6) is 5.75 Å². The number of hydrogen-bond donors (Lipinski definition) is 0. The molecule has 2 aromatic carbocycles. The number of carbonyl (C=O) groups excluding carboxylic acids is 2. The van der Waals surface area contributed by atoms with E-state index in [9.17, 15) is 9.59 Å². The lowest BCUT2D eigenvalue weighted by Gasteiger charge is -2.37. The number of carbonyl (C=O) groups is 2. The molecule has 2 heterocycles. The average Bonchev–Trinajstić information content (AvgIpc) is 2.92. The van der Waals surface area contributed by atoms with Gasteiger partial charge >= 0.3 is 0 Å². The number of methoxy groups -OCH3 is 1. The zero-order chi connectivity index (χ0) is 20.2. The summed E-state index contributed by atoms with van der Waals surface area (Å²) in [5.74, 6) is 0.474. The molecule has 0 N–H and O–H groups in total. The van der Waals surface area contributed by atoms with Gasteiger partial charge in [-0.1, -0.05) is 30.3 Å². The largest absolute Gasteiger partial charge is 0.497 e.